The summed E-state index contributed by atoms with van der Waals surface area (Å²) in [6.07, 6.45) is 21.3. The third-order valence-electron chi connectivity index (χ3n) is 4.95. The van der Waals surface area contributed by atoms with E-state index in [0.717, 1.165) is 38.5 Å². The Morgan fingerprint density at radius 3 is 2.03 bits per heavy atom. The highest BCUT2D eigenvalue weighted by Gasteiger charge is 2.21. The number of allylic oxidation sites excluding steroid dienone is 9. The van der Waals surface area contributed by atoms with E-state index in [1.54, 1.807) is 7.11 Å². The van der Waals surface area contributed by atoms with Crippen molar-refractivity contribution in [1.82, 2.24) is 5.32 Å². The number of hydrogen-bond donors (Lipinski definition) is 1. The van der Waals surface area contributed by atoms with Gasteiger partial charge in [0.15, 0.2) is 0 Å². The summed E-state index contributed by atoms with van der Waals surface area (Å²) in [7, 11) is 1.59. The largest absolute Gasteiger partial charge is 0.498 e. The SMILES string of the molecule is COC1=CC(=O)NC1/C=C/C=C(\C)CC/C=C(\C)CC/C=C(\C)CCC=C(C)C. The topological polar surface area (TPSA) is 38.3 Å². The monoisotopic (exact) mass is 397 g/mol. The molecule has 1 aliphatic heterocycles. The molecule has 0 aliphatic carbocycles. The molecule has 160 valence electrons. The molecule has 0 saturated heterocycles. The zero-order chi connectivity index (χ0) is 21.6. The highest BCUT2D eigenvalue weighted by molar-refractivity contribution is 5.91. The second kappa shape index (κ2) is 13.8. The van der Waals surface area contributed by atoms with Crippen LogP contribution < -0.4 is 5.32 Å². The molecule has 0 spiro atoms. The minimum atomic E-state index is -0.155. The number of carbonyl (C=O) groups excluding carboxylic acids is 1. The fourth-order valence-electron chi connectivity index (χ4n) is 3.11. The fourth-order valence-corrected chi connectivity index (χ4v) is 3.11. The van der Waals surface area contributed by atoms with Gasteiger partial charge in [0.2, 0.25) is 5.91 Å². The average molecular weight is 398 g/mol. The lowest BCUT2D eigenvalue weighted by Gasteiger charge is -2.08. The van der Waals surface area contributed by atoms with Gasteiger partial charge in [0.25, 0.3) is 0 Å². The number of ether oxygens (including phenoxy) is 1. The molecule has 1 rings (SSSR count). The molecule has 1 heterocycles. The van der Waals surface area contributed by atoms with Crippen molar-refractivity contribution in [3.05, 3.63) is 70.6 Å². The van der Waals surface area contributed by atoms with Crippen LogP contribution in [0.5, 0.6) is 0 Å². The summed E-state index contributed by atoms with van der Waals surface area (Å²) in [6, 6.07) is -0.155. The minimum absolute atomic E-state index is 0.101. The Morgan fingerprint density at radius 1 is 0.931 bits per heavy atom. The first kappa shape index (κ1) is 24.7. The van der Waals surface area contributed by atoms with Crippen LogP contribution in [0, 0.1) is 0 Å². The summed E-state index contributed by atoms with van der Waals surface area (Å²) in [5.74, 6) is 0.563. The Labute approximate surface area is 178 Å². The summed E-state index contributed by atoms with van der Waals surface area (Å²) >= 11 is 0. The lowest BCUT2D eigenvalue weighted by atomic mass is 10.0. The first-order chi connectivity index (χ1) is 13.8. The Morgan fingerprint density at radius 2 is 1.48 bits per heavy atom. The van der Waals surface area contributed by atoms with Crippen LogP contribution in [0.15, 0.2) is 70.6 Å². The van der Waals surface area contributed by atoms with Crippen LogP contribution in [0.1, 0.15) is 73.1 Å². The van der Waals surface area contributed by atoms with Gasteiger partial charge in [0.1, 0.15) is 11.8 Å². The maximum atomic E-state index is 11.4. The van der Waals surface area contributed by atoms with Crippen molar-refractivity contribution in [2.45, 2.75) is 79.2 Å². The van der Waals surface area contributed by atoms with Crippen molar-refractivity contribution in [1.29, 1.82) is 0 Å². The summed E-state index contributed by atoms with van der Waals surface area (Å²) in [5.41, 5.74) is 5.68. The molecule has 1 amide bonds. The second-order valence-electron chi connectivity index (χ2n) is 8.13. The Kier molecular flexibility index (Phi) is 11.8. The first-order valence-electron chi connectivity index (χ1n) is 10.7. The van der Waals surface area contributed by atoms with Crippen molar-refractivity contribution >= 4 is 5.91 Å². The Balaban J connectivity index is 2.31. The summed E-state index contributed by atoms with van der Waals surface area (Å²) in [5, 5.41) is 2.84. The highest BCUT2D eigenvalue weighted by Crippen LogP contribution is 2.14. The highest BCUT2D eigenvalue weighted by atomic mass is 16.5. The van der Waals surface area contributed by atoms with Crippen molar-refractivity contribution in [3.8, 4) is 0 Å². The standard InChI is InChI=1S/C26H39NO2/c1-20(2)11-7-12-21(3)13-8-14-22(4)15-9-16-23(5)17-10-18-24-25(29-6)19-26(28)27-24/h10-11,13,15,17-19,24H,7-9,12,14,16H2,1-6H3,(H,27,28)/b18-10+,21-13+,22-15+,23-17+. The van der Waals surface area contributed by atoms with Gasteiger partial charge in [-0.15, -0.1) is 0 Å². The first-order valence-corrected chi connectivity index (χ1v) is 10.7. The number of rotatable bonds is 12. The van der Waals surface area contributed by atoms with Crippen molar-refractivity contribution in [2.24, 2.45) is 0 Å². The molecule has 1 N–H and O–H groups in total. The molecule has 1 atom stereocenters. The summed E-state index contributed by atoms with van der Waals surface area (Å²) in [4.78, 5) is 11.4. The smallest absolute Gasteiger partial charge is 0.248 e. The van der Waals surface area contributed by atoms with E-state index in [9.17, 15) is 4.79 Å². The second-order valence-corrected chi connectivity index (χ2v) is 8.13. The van der Waals surface area contributed by atoms with Gasteiger partial charge < -0.3 is 10.1 Å². The van der Waals surface area contributed by atoms with Crippen LogP contribution in [-0.2, 0) is 9.53 Å². The minimum Gasteiger partial charge on any atom is -0.498 e. The van der Waals surface area contributed by atoms with Gasteiger partial charge >= 0.3 is 0 Å². The fraction of sp³-hybridized carbons (Fsp3) is 0.500. The molecule has 0 saturated carbocycles. The third-order valence-corrected chi connectivity index (χ3v) is 4.95. The van der Waals surface area contributed by atoms with Gasteiger partial charge in [0.05, 0.1) is 7.11 Å². The van der Waals surface area contributed by atoms with Gasteiger partial charge in [-0.05, 0) is 73.1 Å². The van der Waals surface area contributed by atoms with E-state index >= 15 is 0 Å². The number of carbonyl (C=O) groups is 1. The molecule has 0 aromatic rings. The number of nitrogens with one attached hydrogen (secondary N) is 1. The molecule has 0 aromatic heterocycles. The lowest BCUT2D eigenvalue weighted by Crippen LogP contribution is -2.26. The third kappa shape index (κ3) is 11.3. The molecular formula is C26H39NO2. The molecule has 3 nitrogen and oxygen atoms in total. The average Bonchev–Trinajstić information content (AvgIpc) is 3.01. The zero-order valence-electron chi connectivity index (χ0n) is 19.2. The maximum absolute atomic E-state index is 11.4. The maximum Gasteiger partial charge on any atom is 0.248 e. The normalized spacial score (nSPS) is 18.1. The van der Waals surface area contributed by atoms with E-state index in [0.29, 0.717) is 5.76 Å². The van der Waals surface area contributed by atoms with Crippen molar-refractivity contribution < 1.29 is 9.53 Å². The molecule has 0 fully saturated rings. The summed E-state index contributed by atoms with van der Waals surface area (Å²) in [6.45, 7) is 10.9. The van der Waals surface area contributed by atoms with E-state index in [2.05, 4.69) is 64.2 Å². The van der Waals surface area contributed by atoms with Crippen LogP contribution in [0.25, 0.3) is 0 Å². The Hall–Kier alpha value is -2.29. The zero-order valence-corrected chi connectivity index (χ0v) is 19.2. The molecule has 0 bridgehead atoms. The van der Waals surface area contributed by atoms with Crippen LogP contribution in [0.4, 0.5) is 0 Å². The molecule has 1 aliphatic rings. The Bertz CT molecular complexity index is 713. The van der Waals surface area contributed by atoms with Gasteiger partial charge in [-0.3, -0.25) is 4.79 Å². The van der Waals surface area contributed by atoms with E-state index in [4.69, 9.17) is 4.74 Å². The van der Waals surface area contributed by atoms with Crippen LogP contribution in [0.2, 0.25) is 0 Å². The predicted octanol–water partition coefficient (Wildman–Crippen LogP) is 6.72. The van der Waals surface area contributed by atoms with Crippen LogP contribution in [0.3, 0.4) is 0 Å². The number of hydrogen-bond acceptors (Lipinski definition) is 2. The molecule has 29 heavy (non-hydrogen) atoms. The van der Waals surface area contributed by atoms with Gasteiger partial charge in [-0.1, -0.05) is 58.7 Å². The molecular weight excluding hydrogens is 358 g/mol. The van der Waals surface area contributed by atoms with Gasteiger partial charge in [-0.25, -0.2) is 0 Å². The van der Waals surface area contributed by atoms with Gasteiger partial charge in [0, 0.05) is 6.08 Å². The molecule has 0 aromatic carbocycles. The number of methoxy groups -OCH3 is 1. The number of amides is 1. The van der Waals surface area contributed by atoms with Crippen LogP contribution >= 0.6 is 0 Å². The quantitative estimate of drug-likeness (QED) is 0.293. The van der Waals surface area contributed by atoms with Crippen molar-refractivity contribution in [3.63, 3.8) is 0 Å². The lowest BCUT2D eigenvalue weighted by molar-refractivity contribution is -0.116. The van der Waals surface area contributed by atoms with Crippen LogP contribution in [-0.4, -0.2) is 19.1 Å². The van der Waals surface area contributed by atoms with E-state index in [1.165, 1.54) is 28.4 Å². The molecule has 0 radical (unpaired) electrons. The van der Waals surface area contributed by atoms with E-state index in [-0.39, 0.29) is 11.9 Å². The predicted molar refractivity (Wildman–Crippen MR) is 125 cm³/mol. The van der Waals surface area contributed by atoms with E-state index in [1.807, 2.05) is 12.2 Å². The summed E-state index contributed by atoms with van der Waals surface area (Å²) < 4.78 is 5.21. The van der Waals surface area contributed by atoms with Crippen molar-refractivity contribution in [2.75, 3.05) is 7.11 Å². The van der Waals surface area contributed by atoms with Gasteiger partial charge in [-0.2, -0.15) is 0 Å². The van der Waals surface area contributed by atoms with E-state index < -0.39 is 0 Å². The molecule has 1 unspecified atom stereocenters. The molecule has 3 heteroatoms.